The number of ether oxygens (including phenoxy) is 2. The van der Waals surface area contributed by atoms with Gasteiger partial charge in [-0.2, -0.15) is 13.2 Å². The molecule has 28 heavy (non-hydrogen) atoms. The molecule has 2 aliphatic heterocycles. The highest BCUT2D eigenvalue weighted by atomic mass is 19.4. The van der Waals surface area contributed by atoms with E-state index in [2.05, 4.69) is 5.32 Å². The van der Waals surface area contributed by atoms with Crippen molar-refractivity contribution in [3.63, 3.8) is 0 Å². The summed E-state index contributed by atoms with van der Waals surface area (Å²) < 4.78 is 64.4. The highest BCUT2D eigenvalue weighted by molar-refractivity contribution is 5.29. The normalized spacial score (nSPS) is 28.4. The topological polar surface area (TPSA) is 30.5 Å². The van der Waals surface area contributed by atoms with Crippen molar-refractivity contribution in [2.45, 2.75) is 36.8 Å². The first-order valence-corrected chi connectivity index (χ1v) is 9.31. The second kappa shape index (κ2) is 7.46. The van der Waals surface area contributed by atoms with Gasteiger partial charge in [-0.15, -0.1) is 0 Å². The minimum absolute atomic E-state index is 0.132. The maximum Gasteiger partial charge on any atom is 0.416 e. The Balaban J connectivity index is 1.52. The van der Waals surface area contributed by atoms with Crippen LogP contribution in [0.25, 0.3) is 0 Å². The van der Waals surface area contributed by atoms with E-state index in [1.807, 2.05) is 0 Å². The van der Waals surface area contributed by atoms with Crippen LogP contribution in [-0.4, -0.2) is 25.5 Å². The first-order chi connectivity index (χ1) is 13.4. The molecule has 0 saturated carbocycles. The third-order valence-electron chi connectivity index (χ3n) is 5.50. The highest BCUT2D eigenvalue weighted by Gasteiger charge is 2.47. The first kappa shape index (κ1) is 19.4. The molecule has 4 rings (SSSR count). The lowest BCUT2D eigenvalue weighted by Gasteiger charge is -2.48. The van der Waals surface area contributed by atoms with E-state index in [4.69, 9.17) is 9.47 Å². The Bertz CT molecular complexity index is 814. The van der Waals surface area contributed by atoms with E-state index in [1.165, 1.54) is 24.3 Å². The smallest absolute Gasteiger partial charge is 0.347 e. The molecule has 0 aromatic heterocycles. The van der Waals surface area contributed by atoms with Crippen molar-refractivity contribution in [1.82, 2.24) is 5.32 Å². The van der Waals surface area contributed by atoms with Crippen molar-refractivity contribution in [3.8, 4) is 0 Å². The fourth-order valence-electron chi connectivity index (χ4n) is 4.04. The zero-order chi connectivity index (χ0) is 19.8. The molecular weight excluding hydrogens is 374 g/mol. The third-order valence-corrected chi connectivity index (χ3v) is 5.50. The summed E-state index contributed by atoms with van der Waals surface area (Å²) in [5.74, 6) is -1.34. The van der Waals surface area contributed by atoms with E-state index in [0.717, 1.165) is 11.6 Å². The Labute approximate surface area is 160 Å². The average molecular weight is 395 g/mol. The molecular formula is C21H21F4NO2. The molecule has 2 fully saturated rings. The van der Waals surface area contributed by atoms with Gasteiger partial charge < -0.3 is 14.8 Å². The van der Waals surface area contributed by atoms with Crippen molar-refractivity contribution < 1.29 is 27.0 Å². The van der Waals surface area contributed by atoms with E-state index in [-0.39, 0.29) is 24.4 Å². The number of alkyl halides is 3. The molecule has 0 aliphatic carbocycles. The number of nitrogens with one attached hydrogen (secondary N) is 1. The number of morpholine rings is 1. The molecule has 3 atom stereocenters. The third kappa shape index (κ3) is 3.79. The highest BCUT2D eigenvalue weighted by Crippen LogP contribution is 2.44. The van der Waals surface area contributed by atoms with Crippen molar-refractivity contribution in [3.05, 3.63) is 71.0 Å². The number of halogens is 4. The molecule has 3 nitrogen and oxygen atoms in total. The molecule has 2 aromatic carbocycles. The van der Waals surface area contributed by atoms with Crippen LogP contribution < -0.4 is 5.32 Å². The molecule has 2 saturated heterocycles. The van der Waals surface area contributed by atoms with Crippen LogP contribution in [0.5, 0.6) is 0 Å². The minimum Gasteiger partial charge on any atom is -0.347 e. The fraction of sp³-hybridized carbons (Fsp3) is 0.429. The zero-order valence-electron chi connectivity index (χ0n) is 15.1. The Hall–Kier alpha value is -1.96. The first-order valence-electron chi connectivity index (χ1n) is 9.31. The van der Waals surface area contributed by atoms with Gasteiger partial charge in [0.25, 0.3) is 0 Å². The largest absolute Gasteiger partial charge is 0.416 e. The Kier molecular flexibility index (Phi) is 5.16. The lowest BCUT2D eigenvalue weighted by molar-refractivity contribution is -0.289. The van der Waals surface area contributed by atoms with Crippen molar-refractivity contribution >= 4 is 0 Å². The van der Waals surface area contributed by atoms with E-state index in [0.29, 0.717) is 31.6 Å². The van der Waals surface area contributed by atoms with Crippen molar-refractivity contribution in [1.29, 1.82) is 0 Å². The quantitative estimate of drug-likeness (QED) is 0.742. The second-order valence-electron chi connectivity index (χ2n) is 7.27. The molecule has 0 amide bonds. The number of hydrogen-bond donors (Lipinski definition) is 1. The van der Waals surface area contributed by atoms with E-state index in [1.54, 1.807) is 18.2 Å². The standard InChI is InChI=1S/C21H21F4NO2/c22-18-6-4-14(5-7-18)19-20(27-11-10-26-19)9-8-16(13-28-20)15-2-1-3-17(12-15)21(23,24)25/h1-7,12,16,19,26H,8-11,13H2/t16-,19+,20-/m1/s1. The molecule has 2 heterocycles. The van der Waals surface area contributed by atoms with Crippen LogP contribution in [0.1, 0.15) is 41.5 Å². The van der Waals surface area contributed by atoms with Crippen molar-refractivity contribution in [2.75, 3.05) is 19.8 Å². The van der Waals surface area contributed by atoms with Gasteiger partial charge in [0.15, 0.2) is 5.79 Å². The van der Waals surface area contributed by atoms with Gasteiger partial charge in [0.1, 0.15) is 5.82 Å². The maximum atomic E-state index is 13.3. The molecule has 0 bridgehead atoms. The molecule has 2 aliphatic rings. The van der Waals surface area contributed by atoms with Gasteiger partial charge in [-0.05, 0) is 35.7 Å². The van der Waals surface area contributed by atoms with Gasteiger partial charge in [-0.3, -0.25) is 0 Å². The Morgan fingerprint density at radius 2 is 1.79 bits per heavy atom. The van der Waals surface area contributed by atoms with Gasteiger partial charge in [0.05, 0.1) is 24.8 Å². The summed E-state index contributed by atoms with van der Waals surface area (Å²) in [5.41, 5.74) is 0.829. The van der Waals surface area contributed by atoms with Crippen LogP contribution >= 0.6 is 0 Å². The van der Waals surface area contributed by atoms with Gasteiger partial charge >= 0.3 is 6.18 Å². The van der Waals surface area contributed by atoms with E-state index < -0.39 is 17.5 Å². The van der Waals surface area contributed by atoms with Gasteiger partial charge in [0.2, 0.25) is 0 Å². The SMILES string of the molecule is Fc1ccc([C@@H]2NCCO[C@@]23CC[C@@H](c2cccc(C(F)(F)F)c2)CO3)cc1. The summed E-state index contributed by atoms with van der Waals surface area (Å²) in [7, 11) is 0. The van der Waals surface area contributed by atoms with Crippen LogP contribution in [0.4, 0.5) is 17.6 Å². The predicted octanol–water partition coefficient (Wildman–Crippen LogP) is 4.80. The molecule has 1 N–H and O–H groups in total. The summed E-state index contributed by atoms with van der Waals surface area (Å²) >= 11 is 0. The van der Waals surface area contributed by atoms with Crippen LogP contribution in [0, 0.1) is 5.82 Å². The van der Waals surface area contributed by atoms with E-state index in [9.17, 15) is 17.6 Å². The van der Waals surface area contributed by atoms with Gasteiger partial charge in [-0.25, -0.2) is 4.39 Å². The van der Waals surface area contributed by atoms with Gasteiger partial charge in [-0.1, -0.05) is 30.3 Å². The maximum absolute atomic E-state index is 13.3. The molecule has 0 radical (unpaired) electrons. The zero-order valence-corrected chi connectivity index (χ0v) is 15.1. The molecule has 7 heteroatoms. The second-order valence-corrected chi connectivity index (χ2v) is 7.27. The lowest BCUT2D eigenvalue weighted by atomic mass is 9.84. The summed E-state index contributed by atoms with van der Waals surface area (Å²) in [6, 6.07) is 11.3. The minimum atomic E-state index is -4.36. The molecule has 0 unspecified atom stereocenters. The van der Waals surface area contributed by atoms with Gasteiger partial charge in [0, 0.05) is 18.9 Å². The summed E-state index contributed by atoms with van der Waals surface area (Å²) in [6.45, 7) is 1.39. The van der Waals surface area contributed by atoms with Crippen LogP contribution in [0.15, 0.2) is 48.5 Å². The summed E-state index contributed by atoms with van der Waals surface area (Å²) in [6.07, 6.45) is -3.19. The van der Waals surface area contributed by atoms with Crippen LogP contribution in [-0.2, 0) is 15.7 Å². The number of hydrogen-bond acceptors (Lipinski definition) is 3. The molecule has 1 spiro atoms. The number of benzene rings is 2. The van der Waals surface area contributed by atoms with Crippen LogP contribution in [0.2, 0.25) is 0 Å². The van der Waals surface area contributed by atoms with E-state index >= 15 is 0 Å². The molecule has 2 aromatic rings. The van der Waals surface area contributed by atoms with Crippen LogP contribution in [0.3, 0.4) is 0 Å². The lowest BCUT2D eigenvalue weighted by Crippen LogP contribution is -2.56. The predicted molar refractivity (Wildman–Crippen MR) is 95.2 cm³/mol. The summed E-state index contributed by atoms with van der Waals surface area (Å²) in [4.78, 5) is 0. The average Bonchev–Trinajstić information content (AvgIpc) is 2.69. The summed E-state index contributed by atoms with van der Waals surface area (Å²) in [5, 5.41) is 3.38. The Morgan fingerprint density at radius 3 is 2.46 bits per heavy atom. The number of rotatable bonds is 2. The Morgan fingerprint density at radius 1 is 1.00 bits per heavy atom. The monoisotopic (exact) mass is 395 g/mol. The fourth-order valence-corrected chi connectivity index (χ4v) is 4.04. The van der Waals surface area contributed by atoms with Crippen molar-refractivity contribution in [2.24, 2.45) is 0 Å². The molecule has 150 valence electrons.